The van der Waals surface area contributed by atoms with Crippen LogP contribution in [-0.4, -0.2) is 9.13 Å². The van der Waals surface area contributed by atoms with E-state index in [1.165, 1.54) is 71.9 Å². The van der Waals surface area contributed by atoms with Gasteiger partial charge in [0.1, 0.15) is 11.2 Å². The van der Waals surface area contributed by atoms with Gasteiger partial charge in [-0.25, -0.2) is 0 Å². The summed E-state index contributed by atoms with van der Waals surface area (Å²) in [4.78, 5) is 0. The Bertz CT molecular complexity index is 3020. The predicted octanol–water partition coefficient (Wildman–Crippen LogP) is 12.9. The Morgan fingerprint density at radius 2 is 1.08 bits per heavy atom. The number of hydrogen-bond acceptors (Lipinski definition) is 1. The first-order chi connectivity index (χ1) is 25.3. The summed E-state index contributed by atoms with van der Waals surface area (Å²) in [6.45, 7) is 0. The van der Waals surface area contributed by atoms with Crippen molar-refractivity contribution in [2.24, 2.45) is 0 Å². The summed E-state index contributed by atoms with van der Waals surface area (Å²) in [5.41, 5.74) is 15.4. The molecule has 0 saturated carbocycles. The Labute approximate surface area is 294 Å². The number of rotatable bonds is 4. The highest BCUT2D eigenvalue weighted by Gasteiger charge is 2.20. The molecule has 0 saturated heterocycles. The van der Waals surface area contributed by atoms with Gasteiger partial charge in [-0.2, -0.15) is 0 Å². The normalized spacial score (nSPS) is 12.9. The average molecular weight is 653 g/mol. The van der Waals surface area contributed by atoms with Crippen LogP contribution in [-0.2, 0) is 6.42 Å². The topological polar surface area (TPSA) is 23.0 Å². The van der Waals surface area contributed by atoms with Gasteiger partial charge in [-0.05, 0) is 102 Å². The molecule has 3 heteroatoms. The van der Waals surface area contributed by atoms with Crippen molar-refractivity contribution in [1.82, 2.24) is 9.13 Å². The number of furan rings is 1. The van der Waals surface area contributed by atoms with Crippen LogP contribution in [0.4, 0.5) is 0 Å². The van der Waals surface area contributed by atoms with Crippen molar-refractivity contribution in [3.05, 3.63) is 175 Å². The molecule has 11 rings (SSSR count). The maximum atomic E-state index is 6.16. The van der Waals surface area contributed by atoms with Crippen molar-refractivity contribution in [2.45, 2.75) is 12.8 Å². The summed E-state index contributed by atoms with van der Waals surface area (Å²) in [5.74, 6) is 0. The second-order valence-corrected chi connectivity index (χ2v) is 13.6. The second-order valence-electron chi connectivity index (χ2n) is 13.6. The molecule has 0 amide bonds. The third-order valence-corrected chi connectivity index (χ3v) is 10.8. The summed E-state index contributed by atoms with van der Waals surface area (Å²) < 4.78 is 11.0. The molecule has 0 atom stereocenters. The van der Waals surface area contributed by atoms with Crippen LogP contribution in [0.3, 0.4) is 0 Å². The fraction of sp³-hybridized carbons (Fsp3) is 0.0417. The Morgan fingerprint density at radius 1 is 0.412 bits per heavy atom. The first-order valence-corrected chi connectivity index (χ1v) is 17.7. The first kappa shape index (κ1) is 28.3. The number of para-hydroxylation sites is 2. The highest BCUT2D eigenvalue weighted by molar-refractivity contribution is 6.12. The van der Waals surface area contributed by atoms with Gasteiger partial charge in [-0.3, -0.25) is 0 Å². The highest BCUT2D eigenvalue weighted by atomic mass is 16.3. The first-order valence-electron chi connectivity index (χ1n) is 17.7. The Morgan fingerprint density at radius 3 is 1.96 bits per heavy atom. The zero-order chi connectivity index (χ0) is 33.5. The number of fused-ring (bicyclic) bond motifs is 9. The van der Waals surface area contributed by atoms with Crippen molar-refractivity contribution in [2.75, 3.05) is 0 Å². The van der Waals surface area contributed by atoms with Gasteiger partial charge < -0.3 is 13.6 Å². The van der Waals surface area contributed by atoms with E-state index in [0.717, 1.165) is 40.5 Å². The molecule has 240 valence electrons. The van der Waals surface area contributed by atoms with Gasteiger partial charge in [0.15, 0.2) is 0 Å². The van der Waals surface area contributed by atoms with Crippen LogP contribution >= 0.6 is 0 Å². The molecule has 0 bridgehead atoms. The third-order valence-electron chi connectivity index (χ3n) is 10.8. The summed E-state index contributed by atoms with van der Waals surface area (Å²) in [6, 6.07) is 57.2. The van der Waals surface area contributed by atoms with Gasteiger partial charge in [-0.15, -0.1) is 0 Å². The predicted molar refractivity (Wildman–Crippen MR) is 213 cm³/mol. The van der Waals surface area contributed by atoms with Gasteiger partial charge >= 0.3 is 0 Å². The monoisotopic (exact) mass is 652 g/mol. The molecule has 3 heterocycles. The average Bonchev–Trinajstić information content (AvgIpc) is 3.85. The maximum Gasteiger partial charge on any atom is 0.135 e. The van der Waals surface area contributed by atoms with Gasteiger partial charge in [-0.1, -0.05) is 103 Å². The minimum absolute atomic E-state index is 0.910. The van der Waals surface area contributed by atoms with Crippen molar-refractivity contribution < 1.29 is 4.42 Å². The van der Waals surface area contributed by atoms with E-state index >= 15 is 0 Å². The van der Waals surface area contributed by atoms with E-state index in [1.807, 2.05) is 12.1 Å². The minimum atomic E-state index is 0.910. The van der Waals surface area contributed by atoms with Crippen molar-refractivity contribution in [3.63, 3.8) is 0 Å². The van der Waals surface area contributed by atoms with Crippen molar-refractivity contribution in [3.8, 4) is 33.6 Å². The summed E-state index contributed by atoms with van der Waals surface area (Å²) >= 11 is 0. The molecule has 7 aromatic carbocycles. The molecule has 0 N–H and O–H groups in total. The molecule has 0 unspecified atom stereocenters. The van der Waals surface area contributed by atoms with Crippen molar-refractivity contribution in [1.29, 1.82) is 0 Å². The molecule has 3 aromatic heterocycles. The zero-order valence-electron chi connectivity index (χ0n) is 27.9. The molecular weight excluding hydrogens is 621 g/mol. The number of allylic oxidation sites excluding steroid dienone is 1. The fourth-order valence-corrected chi connectivity index (χ4v) is 8.44. The van der Waals surface area contributed by atoms with E-state index in [1.54, 1.807) is 0 Å². The number of nitrogens with zero attached hydrogens (tertiary/aromatic N) is 2. The molecule has 3 nitrogen and oxygen atoms in total. The van der Waals surface area contributed by atoms with E-state index in [9.17, 15) is 0 Å². The molecule has 0 aliphatic heterocycles. The number of benzene rings is 7. The minimum Gasteiger partial charge on any atom is -0.456 e. The lowest BCUT2D eigenvalue weighted by Gasteiger charge is -2.14. The molecular formula is C48H32N2O. The zero-order valence-corrected chi connectivity index (χ0v) is 27.9. The molecule has 1 aliphatic carbocycles. The van der Waals surface area contributed by atoms with E-state index < -0.39 is 0 Å². The molecule has 0 spiro atoms. The molecule has 0 fully saturated rings. The molecule has 10 aromatic rings. The van der Waals surface area contributed by atoms with Crippen molar-refractivity contribution >= 4 is 60.7 Å². The molecule has 0 radical (unpaired) electrons. The van der Waals surface area contributed by atoms with Crippen LogP contribution < -0.4 is 0 Å². The maximum absolute atomic E-state index is 6.16. The standard InChI is InChI=1S/C48H32N2O/c1-2-11-31(12-3-1)32-13-10-14-35(27-32)49-43-18-7-4-15-37(43)40-28-33(21-24-45(40)49)34-22-25-46-41(29-34)38-16-5-8-19-44(38)50(46)36-23-26-48-42(30-36)39-17-6-9-20-47(39)51-48/h1-6,8-17,19-30H,7,18H2. The second kappa shape index (κ2) is 11.0. The number of aromatic nitrogens is 2. The van der Waals surface area contributed by atoms with Gasteiger partial charge in [0.25, 0.3) is 0 Å². The van der Waals surface area contributed by atoms with Crippen LogP contribution in [0.15, 0.2) is 168 Å². The van der Waals surface area contributed by atoms with Crippen LogP contribution in [0, 0.1) is 0 Å². The smallest absolute Gasteiger partial charge is 0.135 e. The molecule has 51 heavy (non-hydrogen) atoms. The largest absolute Gasteiger partial charge is 0.456 e. The Balaban J connectivity index is 1.07. The van der Waals surface area contributed by atoms with Gasteiger partial charge in [0.05, 0.1) is 16.6 Å². The van der Waals surface area contributed by atoms with Crippen LogP contribution in [0.25, 0.3) is 94.4 Å². The fourth-order valence-electron chi connectivity index (χ4n) is 8.44. The van der Waals surface area contributed by atoms with E-state index in [0.29, 0.717) is 0 Å². The SMILES string of the molecule is C1=Cc2c(n(-c3cccc(-c4ccccc4)c3)c3ccc(-c4ccc5c(c4)c4ccccc4n5-c4ccc5oc6ccccc6c5c4)cc23)CC1. The summed E-state index contributed by atoms with van der Waals surface area (Å²) in [6.07, 6.45) is 6.74. The highest BCUT2D eigenvalue weighted by Crippen LogP contribution is 2.40. The Kier molecular flexibility index (Phi) is 6.08. The van der Waals surface area contributed by atoms with E-state index in [-0.39, 0.29) is 0 Å². The molecule has 1 aliphatic rings. The lowest BCUT2D eigenvalue weighted by Crippen LogP contribution is -2.03. The quantitative estimate of drug-likeness (QED) is 0.186. The van der Waals surface area contributed by atoms with E-state index in [2.05, 4.69) is 167 Å². The van der Waals surface area contributed by atoms with E-state index in [4.69, 9.17) is 4.42 Å². The van der Waals surface area contributed by atoms with Crippen LogP contribution in [0.1, 0.15) is 17.7 Å². The number of hydrogen-bond donors (Lipinski definition) is 0. The van der Waals surface area contributed by atoms with Gasteiger partial charge in [0, 0.05) is 49.6 Å². The lowest BCUT2D eigenvalue weighted by atomic mass is 9.98. The lowest BCUT2D eigenvalue weighted by molar-refractivity contribution is 0.669. The third kappa shape index (κ3) is 4.31. The summed E-state index contributed by atoms with van der Waals surface area (Å²) in [5, 5.41) is 6.07. The van der Waals surface area contributed by atoms with Crippen LogP contribution in [0.2, 0.25) is 0 Å². The Hall–Kier alpha value is -6.58. The van der Waals surface area contributed by atoms with Gasteiger partial charge in [0.2, 0.25) is 0 Å². The van der Waals surface area contributed by atoms with Crippen LogP contribution in [0.5, 0.6) is 0 Å². The summed E-state index contributed by atoms with van der Waals surface area (Å²) in [7, 11) is 0.